The molecule has 0 spiro atoms. The molecular formula is C16H18ClN5O3. The molecule has 0 radical (unpaired) electrons. The first-order valence-corrected chi connectivity index (χ1v) is 8.31. The van der Waals surface area contributed by atoms with Crippen LogP contribution >= 0.6 is 11.6 Å². The molecule has 1 aliphatic rings. The zero-order chi connectivity index (χ0) is 17.8. The molecule has 9 heteroatoms. The third-order valence-corrected chi connectivity index (χ3v) is 4.41. The number of carbonyl (C=O) groups is 1. The van der Waals surface area contributed by atoms with Gasteiger partial charge in [0.1, 0.15) is 6.54 Å². The Morgan fingerprint density at radius 2 is 1.84 bits per heavy atom. The maximum atomic E-state index is 12.3. The van der Waals surface area contributed by atoms with E-state index in [2.05, 4.69) is 10.00 Å². The lowest BCUT2D eigenvalue weighted by Gasteiger charge is -2.34. The minimum atomic E-state index is -0.573. The van der Waals surface area contributed by atoms with Gasteiger partial charge in [0.15, 0.2) is 0 Å². The summed E-state index contributed by atoms with van der Waals surface area (Å²) in [5.41, 5.74) is 1.19. The van der Waals surface area contributed by atoms with Crippen molar-refractivity contribution >= 4 is 23.3 Å². The van der Waals surface area contributed by atoms with Crippen LogP contribution in [0.4, 0.5) is 5.82 Å². The average molecular weight is 364 g/mol. The minimum Gasteiger partial charge on any atom is -0.358 e. The summed E-state index contributed by atoms with van der Waals surface area (Å²) in [7, 11) is 0. The molecule has 8 nitrogen and oxygen atoms in total. The van der Waals surface area contributed by atoms with Gasteiger partial charge in [0.25, 0.3) is 0 Å². The van der Waals surface area contributed by atoms with Gasteiger partial charge < -0.3 is 15.0 Å². The first-order chi connectivity index (χ1) is 12.0. The van der Waals surface area contributed by atoms with Gasteiger partial charge in [-0.15, -0.1) is 0 Å². The lowest BCUT2D eigenvalue weighted by atomic mass is 10.2. The van der Waals surface area contributed by atoms with Crippen LogP contribution in [0.5, 0.6) is 0 Å². The molecule has 1 aromatic heterocycles. The highest BCUT2D eigenvalue weighted by molar-refractivity contribution is 6.30. The number of nitrogens with zero attached hydrogens (tertiary/aromatic N) is 5. The van der Waals surface area contributed by atoms with Gasteiger partial charge in [-0.3, -0.25) is 9.69 Å². The molecule has 2 aromatic rings. The van der Waals surface area contributed by atoms with Gasteiger partial charge in [-0.2, -0.15) is 4.68 Å². The molecule has 1 amide bonds. The molecule has 0 saturated carbocycles. The van der Waals surface area contributed by atoms with Gasteiger partial charge in [-0.25, -0.2) is 0 Å². The summed E-state index contributed by atoms with van der Waals surface area (Å²) in [4.78, 5) is 26.4. The molecule has 1 aliphatic heterocycles. The van der Waals surface area contributed by atoms with Crippen LogP contribution in [0.2, 0.25) is 5.02 Å². The highest BCUT2D eigenvalue weighted by Crippen LogP contribution is 2.13. The molecule has 0 unspecified atom stereocenters. The van der Waals surface area contributed by atoms with Crippen LogP contribution in [-0.2, 0) is 17.9 Å². The maximum absolute atomic E-state index is 12.3. The second-order valence-corrected chi connectivity index (χ2v) is 6.35. The molecule has 0 atom stereocenters. The van der Waals surface area contributed by atoms with Crippen LogP contribution in [0, 0.1) is 10.1 Å². The van der Waals surface area contributed by atoms with E-state index in [4.69, 9.17) is 11.6 Å². The number of amides is 1. The third-order valence-electron chi connectivity index (χ3n) is 4.16. The predicted molar refractivity (Wildman–Crippen MR) is 92.2 cm³/mol. The van der Waals surface area contributed by atoms with Crippen LogP contribution in [0.25, 0.3) is 0 Å². The first-order valence-electron chi connectivity index (χ1n) is 7.94. The smallest absolute Gasteiger partial charge is 0.358 e. The van der Waals surface area contributed by atoms with Crippen molar-refractivity contribution in [3.8, 4) is 0 Å². The van der Waals surface area contributed by atoms with Crippen molar-refractivity contribution in [2.75, 3.05) is 26.2 Å². The zero-order valence-electron chi connectivity index (χ0n) is 13.5. The van der Waals surface area contributed by atoms with Crippen molar-refractivity contribution < 1.29 is 9.72 Å². The quantitative estimate of drug-likeness (QED) is 0.597. The molecule has 132 valence electrons. The van der Waals surface area contributed by atoms with Crippen LogP contribution in [0.1, 0.15) is 5.56 Å². The van der Waals surface area contributed by atoms with Gasteiger partial charge in [0.05, 0.1) is 17.4 Å². The summed E-state index contributed by atoms with van der Waals surface area (Å²) in [6.07, 6.45) is 1.45. The Labute approximate surface area is 149 Å². The van der Waals surface area contributed by atoms with E-state index in [1.54, 1.807) is 4.90 Å². The van der Waals surface area contributed by atoms with Gasteiger partial charge in [0.2, 0.25) is 5.91 Å². The number of hydrogen-bond donors (Lipinski definition) is 0. The van der Waals surface area contributed by atoms with Crippen molar-refractivity contribution in [1.29, 1.82) is 0 Å². The van der Waals surface area contributed by atoms with Crippen molar-refractivity contribution in [3.63, 3.8) is 0 Å². The first kappa shape index (κ1) is 17.4. The molecule has 1 aromatic carbocycles. The van der Waals surface area contributed by atoms with Crippen LogP contribution in [0.15, 0.2) is 36.5 Å². The van der Waals surface area contributed by atoms with Crippen molar-refractivity contribution in [1.82, 2.24) is 19.6 Å². The number of halogens is 1. The summed E-state index contributed by atoms with van der Waals surface area (Å²) in [5.74, 6) is -0.329. The second kappa shape index (κ2) is 7.62. The molecule has 0 bridgehead atoms. The lowest BCUT2D eigenvalue weighted by molar-refractivity contribution is -0.389. The zero-order valence-corrected chi connectivity index (χ0v) is 14.3. The Hall–Kier alpha value is -2.45. The molecule has 0 N–H and O–H groups in total. The summed E-state index contributed by atoms with van der Waals surface area (Å²) in [6, 6.07) is 9.05. The largest absolute Gasteiger partial charge is 0.389 e. The summed E-state index contributed by atoms with van der Waals surface area (Å²) >= 11 is 5.89. The number of aromatic nitrogens is 2. The van der Waals surface area contributed by atoms with E-state index in [0.717, 1.165) is 24.7 Å². The van der Waals surface area contributed by atoms with Gasteiger partial charge in [-0.1, -0.05) is 23.7 Å². The Balaban J connectivity index is 1.48. The van der Waals surface area contributed by atoms with Crippen LogP contribution < -0.4 is 0 Å². The SMILES string of the molecule is O=C(Cn1ccc([N+](=O)[O-])n1)N1CCN(Cc2ccc(Cl)cc2)CC1. The fourth-order valence-electron chi connectivity index (χ4n) is 2.78. The Morgan fingerprint density at radius 3 is 2.44 bits per heavy atom. The lowest BCUT2D eigenvalue weighted by Crippen LogP contribution is -2.49. The number of benzene rings is 1. The van der Waals surface area contributed by atoms with Crippen molar-refractivity contribution in [3.05, 3.63) is 57.2 Å². The molecule has 1 saturated heterocycles. The molecule has 2 heterocycles. The van der Waals surface area contributed by atoms with Crippen LogP contribution in [0.3, 0.4) is 0 Å². The summed E-state index contributed by atoms with van der Waals surface area (Å²) < 4.78 is 1.31. The van der Waals surface area contributed by atoms with E-state index in [9.17, 15) is 14.9 Å². The van der Waals surface area contributed by atoms with Crippen molar-refractivity contribution in [2.24, 2.45) is 0 Å². The van der Waals surface area contributed by atoms with Gasteiger partial charge in [0, 0.05) is 37.7 Å². The van der Waals surface area contributed by atoms with Crippen molar-refractivity contribution in [2.45, 2.75) is 13.1 Å². The van der Waals surface area contributed by atoms with E-state index in [0.29, 0.717) is 13.1 Å². The number of hydrogen-bond acceptors (Lipinski definition) is 5. The van der Waals surface area contributed by atoms with Gasteiger partial charge in [-0.05, 0) is 22.6 Å². The van der Waals surface area contributed by atoms with E-state index in [1.807, 2.05) is 24.3 Å². The Kier molecular flexibility index (Phi) is 5.30. The fourth-order valence-corrected chi connectivity index (χ4v) is 2.90. The standard InChI is InChI=1S/C16H18ClN5O3/c17-14-3-1-13(2-4-14)11-19-7-9-20(10-8-19)16(23)12-21-6-5-15(18-21)22(24)25/h1-6H,7-12H2. The Morgan fingerprint density at radius 1 is 1.16 bits per heavy atom. The minimum absolute atomic E-state index is 0.0189. The summed E-state index contributed by atoms with van der Waals surface area (Å²) in [6.45, 7) is 3.68. The van der Waals surface area contributed by atoms with Gasteiger partial charge >= 0.3 is 5.82 Å². The van der Waals surface area contributed by atoms with E-state index >= 15 is 0 Å². The fraction of sp³-hybridized carbons (Fsp3) is 0.375. The predicted octanol–water partition coefficient (Wildman–Crippen LogP) is 1.79. The number of carbonyl (C=O) groups excluding carboxylic acids is 1. The average Bonchev–Trinajstić information content (AvgIpc) is 3.06. The number of nitro groups is 1. The number of piperazine rings is 1. The highest BCUT2D eigenvalue weighted by Gasteiger charge is 2.23. The molecule has 3 rings (SSSR count). The van der Waals surface area contributed by atoms with Crippen LogP contribution in [-0.4, -0.2) is 56.6 Å². The third kappa shape index (κ3) is 4.55. The topological polar surface area (TPSA) is 84.5 Å². The number of rotatable bonds is 5. The van der Waals surface area contributed by atoms with E-state index < -0.39 is 4.92 Å². The van der Waals surface area contributed by atoms with E-state index in [-0.39, 0.29) is 18.3 Å². The summed E-state index contributed by atoms with van der Waals surface area (Å²) in [5, 5.41) is 15.1. The molecule has 0 aliphatic carbocycles. The second-order valence-electron chi connectivity index (χ2n) is 5.91. The molecule has 25 heavy (non-hydrogen) atoms. The molecule has 1 fully saturated rings. The highest BCUT2D eigenvalue weighted by atomic mass is 35.5. The normalized spacial score (nSPS) is 15.3. The monoisotopic (exact) mass is 363 g/mol. The maximum Gasteiger partial charge on any atom is 0.389 e. The Bertz CT molecular complexity index is 753. The van der Waals surface area contributed by atoms with E-state index in [1.165, 1.54) is 22.5 Å². The molecular weight excluding hydrogens is 346 g/mol.